The molecule has 1 saturated heterocycles. The topological polar surface area (TPSA) is 102 Å². The minimum absolute atomic E-state index is 0.0748. The predicted molar refractivity (Wildman–Crippen MR) is 132 cm³/mol. The maximum atomic E-state index is 14.2. The van der Waals surface area contributed by atoms with Crippen LogP contribution in [-0.4, -0.2) is 72.7 Å². The molecule has 0 radical (unpaired) electrons. The van der Waals surface area contributed by atoms with Crippen LogP contribution in [0.3, 0.4) is 0 Å². The van der Waals surface area contributed by atoms with Gasteiger partial charge in [-0.3, -0.25) is 14.5 Å². The summed E-state index contributed by atoms with van der Waals surface area (Å²) >= 11 is 5.70. The van der Waals surface area contributed by atoms with Gasteiger partial charge in [0.1, 0.15) is 6.04 Å². The van der Waals surface area contributed by atoms with Crippen molar-refractivity contribution in [2.75, 3.05) is 38.0 Å². The molecule has 1 fully saturated rings. The second-order valence-electron chi connectivity index (χ2n) is 8.26. The third-order valence-corrected chi connectivity index (χ3v) is 7.19. The summed E-state index contributed by atoms with van der Waals surface area (Å²) < 4.78 is 5.00. The Kier molecular flexibility index (Phi) is 10.5. The van der Waals surface area contributed by atoms with E-state index in [4.69, 9.17) is 10.5 Å². The summed E-state index contributed by atoms with van der Waals surface area (Å²) in [5, 5.41) is 3.31. The standard InChI is InChI=1S/C23H35N3O4S2/c1-16-6-4-5-7-17(16)14-23(9-11-25-12-10-23)22(29)26(20(27)18(24)15-31)19(8-13-32-3)21(28)30-2/h4-7,18-19,25,31H,8-15,24H2,1-3H3/t18-,19-/m0/s1. The molecule has 0 bridgehead atoms. The Morgan fingerprint density at radius 1 is 1.28 bits per heavy atom. The number of hydrogen-bond acceptors (Lipinski definition) is 8. The van der Waals surface area contributed by atoms with Crippen LogP contribution in [0.25, 0.3) is 0 Å². The monoisotopic (exact) mass is 481 g/mol. The number of esters is 1. The molecule has 32 heavy (non-hydrogen) atoms. The van der Waals surface area contributed by atoms with Gasteiger partial charge in [0.05, 0.1) is 18.6 Å². The number of benzene rings is 1. The van der Waals surface area contributed by atoms with Gasteiger partial charge in [0.2, 0.25) is 11.8 Å². The second-order valence-corrected chi connectivity index (χ2v) is 9.61. The highest BCUT2D eigenvalue weighted by Gasteiger charge is 2.48. The summed E-state index contributed by atoms with van der Waals surface area (Å²) in [7, 11) is 1.27. The highest BCUT2D eigenvalue weighted by Crippen LogP contribution is 2.37. The maximum Gasteiger partial charge on any atom is 0.329 e. The molecular formula is C23H35N3O4S2. The van der Waals surface area contributed by atoms with Gasteiger partial charge >= 0.3 is 5.97 Å². The van der Waals surface area contributed by atoms with Gasteiger partial charge in [-0.05, 0) is 68.8 Å². The number of thiol groups is 1. The highest BCUT2D eigenvalue weighted by atomic mass is 32.2. The zero-order valence-electron chi connectivity index (χ0n) is 19.1. The number of nitrogens with two attached hydrogens (primary N) is 1. The zero-order valence-corrected chi connectivity index (χ0v) is 20.8. The van der Waals surface area contributed by atoms with E-state index >= 15 is 0 Å². The molecule has 178 valence electrons. The van der Waals surface area contributed by atoms with Gasteiger partial charge in [-0.2, -0.15) is 24.4 Å². The van der Waals surface area contributed by atoms with Gasteiger partial charge in [0.15, 0.2) is 0 Å². The largest absolute Gasteiger partial charge is 0.467 e. The third-order valence-electron chi connectivity index (χ3n) is 6.15. The Balaban J connectivity index is 2.54. The number of aryl methyl sites for hydroxylation is 1. The van der Waals surface area contributed by atoms with Crippen LogP contribution in [0.15, 0.2) is 24.3 Å². The van der Waals surface area contributed by atoms with Crippen molar-refractivity contribution >= 4 is 42.2 Å². The molecule has 2 atom stereocenters. The van der Waals surface area contributed by atoms with E-state index < -0.39 is 29.4 Å². The molecule has 1 aromatic carbocycles. The van der Waals surface area contributed by atoms with Crippen molar-refractivity contribution in [3.63, 3.8) is 0 Å². The van der Waals surface area contributed by atoms with Gasteiger partial charge in [-0.25, -0.2) is 4.79 Å². The maximum absolute atomic E-state index is 14.2. The van der Waals surface area contributed by atoms with Crippen molar-refractivity contribution in [2.24, 2.45) is 11.1 Å². The second kappa shape index (κ2) is 12.6. The average molecular weight is 482 g/mol. The number of imide groups is 1. The van der Waals surface area contributed by atoms with Gasteiger partial charge in [-0.15, -0.1) is 0 Å². The third kappa shape index (κ3) is 6.27. The molecule has 0 spiro atoms. The summed E-state index contributed by atoms with van der Waals surface area (Å²) in [6, 6.07) is 5.96. The molecule has 2 rings (SSSR count). The lowest BCUT2D eigenvalue weighted by Gasteiger charge is -2.42. The number of amides is 2. The molecule has 1 heterocycles. The normalized spacial score (nSPS) is 17.3. The van der Waals surface area contributed by atoms with Crippen molar-refractivity contribution in [2.45, 2.75) is 44.7 Å². The summed E-state index contributed by atoms with van der Waals surface area (Å²) in [6.45, 7) is 3.34. The van der Waals surface area contributed by atoms with Crippen molar-refractivity contribution in [3.8, 4) is 0 Å². The lowest BCUT2D eigenvalue weighted by atomic mass is 9.72. The Morgan fingerprint density at radius 3 is 2.50 bits per heavy atom. The molecule has 0 unspecified atom stereocenters. The molecule has 1 aromatic rings. The zero-order chi connectivity index (χ0) is 23.7. The minimum atomic E-state index is -1.01. The van der Waals surface area contributed by atoms with Crippen LogP contribution in [0.4, 0.5) is 0 Å². The lowest BCUT2D eigenvalue weighted by Crippen LogP contribution is -2.60. The van der Waals surface area contributed by atoms with Gasteiger partial charge in [0, 0.05) is 5.75 Å². The first-order valence-corrected chi connectivity index (χ1v) is 12.9. The van der Waals surface area contributed by atoms with Crippen molar-refractivity contribution < 1.29 is 19.1 Å². The SMILES string of the molecule is COC(=O)[C@H](CCSC)N(C(=O)[C@@H](N)CS)C(=O)C1(Cc2ccccc2C)CCNCC1. The van der Waals surface area contributed by atoms with Crippen molar-refractivity contribution in [3.05, 3.63) is 35.4 Å². The molecular weight excluding hydrogens is 446 g/mol. The number of ether oxygens (including phenoxy) is 1. The predicted octanol–water partition coefficient (Wildman–Crippen LogP) is 1.81. The van der Waals surface area contributed by atoms with E-state index in [1.54, 1.807) is 0 Å². The van der Waals surface area contributed by atoms with E-state index in [2.05, 4.69) is 17.9 Å². The number of carbonyl (C=O) groups excluding carboxylic acids is 3. The minimum Gasteiger partial charge on any atom is -0.467 e. The summed E-state index contributed by atoms with van der Waals surface area (Å²) in [4.78, 5) is 41.4. The van der Waals surface area contributed by atoms with E-state index in [1.165, 1.54) is 18.9 Å². The number of piperidine rings is 1. The first-order chi connectivity index (χ1) is 15.3. The molecule has 0 aromatic heterocycles. The van der Waals surface area contributed by atoms with Crippen LogP contribution in [0.5, 0.6) is 0 Å². The van der Waals surface area contributed by atoms with E-state index in [-0.39, 0.29) is 11.7 Å². The quantitative estimate of drug-likeness (QED) is 0.346. The van der Waals surface area contributed by atoms with Crippen LogP contribution in [0.2, 0.25) is 0 Å². The van der Waals surface area contributed by atoms with Crippen LogP contribution in [-0.2, 0) is 25.5 Å². The highest BCUT2D eigenvalue weighted by molar-refractivity contribution is 7.98. The smallest absolute Gasteiger partial charge is 0.329 e. The first-order valence-electron chi connectivity index (χ1n) is 10.9. The number of rotatable bonds is 10. The summed E-state index contributed by atoms with van der Waals surface area (Å²) in [6.07, 6.45) is 3.85. The molecule has 0 aliphatic carbocycles. The van der Waals surface area contributed by atoms with Crippen molar-refractivity contribution in [1.82, 2.24) is 10.2 Å². The first kappa shape index (κ1) is 26.7. The van der Waals surface area contributed by atoms with Crippen LogP contribution < -0.4 is 11.1 Å². The molecule has 2 amide bonds. The van der Waals surface area contributed by atoms with Crippen molar-refractivity contribution in [1.29, 1.82) is 0 Å². The van der Waals surface area contributed by atoms with E-state index in [1.807, 2.05) is 37.4 Å². The van der Waals surface area contributed by atoms with Gasteiger partial charge in [-0.1, -0.05) is 24.3 Å². The molecule has 3 N–H and O–H groups in total. The number of nitrogens with zero attached hydrogens (tertiary/aromatic N) is 1. The molecule has 7 nitrogen and oxygen atoms in total. The fourth-order valence-electron chi connectivity index (χ4n) is 4.17. The number of thioether (sulfide) groups is 1. The van der Waals surface area contributed by atoms with Gasteiger partial charge in [0.25, 0.3) is 0 Å². The molecule has 0 saturated carbocycles. The lowest BCUT2D eigenvalue weighted by molar-refractivity contribution is -0.165. The summed E-state index contributed by atoms with van der Waals surface area (Å²) in [5.41, 5.74) is 7.37. The molecule has 9 heteroatoms. The van der Waals surface area contributed by atoms with E-state index in [9.17, 15) is 14.4 Å². The Labute approximate surface area is 200 Å². The van der Waals surface area contributed by atoms with Crippen LogP contribution >= 0.6 is 24.4 Å². The van der Waals surface area contributed by atoms with E-state index in [0.717, 1.165) is 16.0 Å². The molecule has 1 aliphatic heterocycles. The van der Waals surface area contributed by atoms with Crippen LogP contribution in [0.1, 0.15) is 30.4 Å². The Bertz CT molecular complexity index is 799. The van der Waals surface area contributed by atoms with Crippen LogP contribution in [0, 0.1) is 12.3 Å². The fourth-order valence-corrected chi connectivity index (χ4v) is 4.79. The number of methoxy groups -OCH3 is 1. The number of carbonyl (C=O) groups is 3. The average Bonchev–Trinajstić information content (AvgIpc) is 2.82. The fraction of sp³-hybridized carbons (Fsp3) is 0.609. The molecule has 1 aliphatic rings. The Hall–Kier alpha value is -1.55. The Morgan fingerprint density at radius 2 is 1.94 bits per heavy atom. The summed E-state index contributed by atoms with van der Waals surface area (Å²) in [5.74, 6) is -0.859. The van der Waals surface area contributed by atoms with Gasteiger partial charge < -0.3 is 15.8 Å². The van der Waals surface area contributed by atoms with E-state index in [0.29, 0.717) is 44.5 Å². The number of nitrogens with one attached hydrogen (secondary N) is 1. The number of hydrogen-bond donors (Lipinski definition) is 3.